The van der Waals surface area contributed by atoms with Crippen LogP contribution in [-0.4, -0.2) is 88.3 Å². The van der Waals surface area contributed by atoms with Crippen LogP contribution in [0.25, 0.3) is 0 Å². The first-order valence-electron chi connectivity index (χ1n) is 11.5. The number of piperazine rings is 1. The van der Waals surface area contributed by atoms with E-state index in [4.69, 9.17) is 21.6 Å². The van der Waals surface area contributed by atoms with Crippen molar-refractivity contribution in [3.05, 3.63) is 53.6 Å². The van der Waals surface area contributed by atoms with E-state index in [2.05, 4.69) is 71.0 Å². The average molecular weight is 441 g/mol. The third-order valence-corrected chi connectivity index (χ3v) is 7.79. The number of hydrogen-bond donors (Lipinski definition) is 0. The van der Waals surface area contributed by atoms with Gasteiger partial charge in [-0.2, -0.15) is 0 Å². The normalized spacial score (nSPS) is 30.9. The Kier molecular flexibility index (Phi) is 5.80. The predicted octanol–water partition coefficient (Wildman–Crippen LogP) is 3.09. The first-order chi connectivity index (χ1) is 15.0. The van der Waals surface area contributed by atoms with Gasteiger partial charge in [0, 0.05) is 38.4 Å². The molecule has 0 saturated carbocycles. The van der Waals surface area contributed by atoms with E-state index in [1.165, 1.54) is 23.5 Å². The maximum Gasteiger partial charge on any atom is 0.135 e. The number of allylic oxidation sites excluding steroid dienone is 2. The van der Waals surface area contributed by atoms with Crippen LogP contribution in [0.15, 0.2) is 47.4 Å². The summed E-state index contributed by atoms with van der Waals surface area (Å²) in [6.07, 6.45) is 11.8. The zero-order valence-electron chi connectivity index (χ0n) is 18.8. The molecule has 4 aliphatic rings. The molecule has 6 nitrogen and oxygen atoms in total. The van der Waals surface area contributed by atoms with Gasteiger partial charge in [-0.3, -0.25) is 19.8 Å². The summed E-state index contributed by atoms with van der Waals surface area (Å²) in [6.45, 7) is 6.21. The Morgan fingerprint density at radius 3 is 3.00 bits per heavy atom. The van der Waals surface area contributed by atoms with Crippen molar-refractivity contribution in [2.75, 3.05) is 40.3 Å². The SMILES string of the molecule is C[C@H]1CN(C2=CC=CC3=NC(CN(C)[C@H]4CCCc5cccnc54)C(Cl)N23)CCN1C. The van der Waals surface area contributed by atoms with Gasteiger partial charge in [0.15, 0.2) is 0 Å². The van der Waals surface area contributed by atoms with Crippen molar-refractivity contribution in [2.24, 2.45) is 4.99 Å². The lowest BCUT2D eigenvalue weighted by atomic mass is 9.91. The summed E-state index contributed by atoms with van der Waals surface area (Å²) in [4.78, 5) is 19.3. The van der Waals surface area contributed by atoms with E-state index in [1.54, 1.807) is 0 Å². The summed E-state index contributed by atoms with van der Waals surface area (Å²) >= 11 is 7.07. The number of halogens is 1. The van der Waals surface area contributed by atoms with Gasteiger partial charge in [0.25, 0.3) is 0 Å². The zero-order chi connectivity index (χ0) is 21.5. The van der Waals surface area contributed by atoms with Crippen LogP contribution < -0.4 is 0 Å². The smallest absolute Gasteiger partial charge is 0.135 e. The number of aromatic nitrogens is 1. The second-order valence-corrected chi connectivity index (χ2v) is 9.80. The molecule has 0 bridgehead atoms. The molecule has 5 rings (SSSR count). The van der Waals surface area contributed by atoms with Gasteiger partial charge in [0.2, 0.25) is 0 Å². The molecule has 1 aliphatic carbocycles. The molecule has 4 atom stereocenters. The number of rotatable bonds is 4. The maximum atomic E-state index is 7.07. The highest BCUT2D eigenvalue weighted by atomic mass is 35.5. The van der Waals surface area contributed by atoms with Crippen molar-refractivity contribution in [3.8, 4) is 0 Å². The van der Waals surface area contributed by atoms with E-state index in [0.29, 0.717) is 12.1 Å². The van der Waals surface area contributed by atoms with Crippen molar-refractivity contribution in [1.29, 1.82) is 0 Å². The molecule has 4 heterocycles. The second kappa shape index (κ2) is 8.57. The van der Waals surface area contributed by atoms with Gasteiger partial charge in [-0.1, -0.05) is 23.7 Å². The van der Waals surface area contributed by atoms with Gasteiger partial charge in [-0.15, -0.1) is 0 Å². The van der Waals surface area contributed by atoms with E-state index in [9.17, 15) is 0 Å². The molecule has 1 saturated heterocycles. The number of aliphatic imine (C=N–C) groups is 1. The molecule has 1 fully saturated rings. The lowest BCUT2D eigenvalue weighted by Gasteiger charge is -2.44. The number of amidine groups is 1. The molecule has 3 aliphatic heterocycles. The summed E-state index contributed by atoms with van der Waals surface area (Å²) < 4.78 is 0. The molecule has 1 aromatic heterocycles. The monoisotopic (exact) mass is 440 g/mol. The highest BCUT2D eigenvalue weighted by Crippen LogP contribution is 2.35. The number of likely N-dealkylation sites (N-methyl/N-ethyl adjacent to an activating group) is 2. The van der Waals surface area contributed by atoms with Crippen LogP contribution >= 0.6 is 11.6 Å². The van der Waals surface area contributed by atoms with Gasteiger partial charge in [-0.25, -0.2) is 0 Å². The Morgan fingerprint density at radius 1 is 1.29 bits per heavy atom. The summed E-state index contributed by atoms with van der Waals surface area (Å²) in [6, 6.07) is 5.18. The van der Waals surface area contributed by atoms with Gasteiger partial charge in [0.1, 0.15) is 17.2 Å². The molecule has 7 heteroatoms. The fraction of sp³-hybridized carbons (Fsp3) is 0.583. The molecule has 31 heavy (non-hydrogen) atoms. The molecule has 2 unspecified atom stereocenters. The third kappa shape index (κ3) is 3.90. The fourth-order valence-electron chi connectivity index (χ4n) is 5.34. The molecule has 1 aromatic rings. The fourth-order valence-corrected chi connectivity index (χ4v) is 5.67. The lowest BCUT2D eigenvalue weighted by molar-refractivity contribution is 0.109. The number of alkyl halides is 1. The van der Waals surface area contributed by atoms with Crippen LogP contribution in [0, 0.1) is 0 Å². The van der Waals surface area contributed by atoms with Gasteiger partial charge in [-0.05, 0) is 64.1 Å². The van der Waals surface area contributed by atoms with Gasteiger partial charge < -0.3 is 9.80 Å². The van der Waals surface area contributed by atoms with E-state index in [1.807, 2.05) is 6.20 Å². The van der Waals surface area contributed by atoms with Crippen LogP contribution in [-0.2, 0) is 6.42 Å². The van der Waals surface area contributed by atoms with Gasteiger partial charge >= 0.3 is 0 Å². The molecular formula is C24H33ClN6. The molecule has 0 spiro atoms. The third-order valence-electron chi connectivity index (χ3n) is 7.30. The van der Waals surface area contributed by atoms with E-state index < -0.39 is 0 Å². The largest absolute Gasteiger partial charge is 0.355 e. The van der Waals surface area contributed by atoms with Crippen molar-refractivity contribution < 1.29 is 0 Å². The van der Waals surface area contributed by atoms with Gasteiger partial charge in [0.05, 0.1) is 17.8 Å². The number of hydrogen-bond acceptors (Lipinski definition) is 6. The Morgan fingerprint density at radius 2 is 2.16 bits per heavy atom. The van der Waals surface area contributed by atoms with Crippen LogP contribution in [0.4, 0.5) is 0 Å². The number of fused-ring (bicyclic) bond motifs is 2. The minimum atomic E-state index is -0.171. The van der Waals surface area contributed by atoms with Crippen molar-refractivity contribution >= 4 is 17.4 Å². The highest BCUT2D eigenvalue weighted by Gasteiger charge is 2.40. The van der Waals surface area contributed by atoms with Crippen LogP contribution in [0.5, 0.6) is 0 Å². The topological polar surface area (TPSA) is 38.2 Å². The first kappa shape index (κ1) is 21.0. The van der Waals surface area contributed by atoms with E-state index >= 15 is 0 Å². The first-order valence-corrected chi connectivity index (χ1v) is 12.0. The van der Waals surface area contributed by atoms with E-state index in [-0.39, 0.29) is 11.5 Å². The maximum absolute atomic E-state index is 7.07. The van der Waals surface area contributed by atoms with Crippen LogP contribution in [0.1, 0.15) is 37.1 Å². The number of aryl methyl sites for hydroxylation is 1. The lowest BCUT2D eigenvalue weighted by Crippen LogP contribution is -2.53. The van der Waals surface area contributed by atoms with E-state index in [0.717, 1.165) is 44.9 Å². The Balaban J connectivity index is 1.31. The van der Waals surface area contributed by atoms with Crippen molar-refractivity contribution in [1.82, 2.24) is 24.6 Å². The molecule has 0 radical (unpaired) electrons. The standard InChI is InChI=1S/C24H33ClN6/c1-17-15-30(14-13-28(17)2)22-11-5-10-21-27-19(24(25)31(21)22)16-29(3)20-9-4-7-18-8-6-12-26-23(18)20/h5-6,8,10-12,17,19-20,24H,4,7,9,13-16H2,1-3H3/t17-,19?,20-,24?/m0/s1. The van der Waals surface area contributed by atoms with Crippen molar-refractivity contribution in [2.45, 2.75) is 49.8 Å². The minimum absolute atomic E-state index is 0.0341. The average Bonchev–Trinajstić information content (AvgIpc) is 3.10. The highest BCUT2D eigenvalue weighted by molar-refractivity contribution is 6.23. The Hall–Kier alpha value is -1.89. The molecular weight excluding hydrogens is 408 g/mol. The number of nitrogens with zero attached hydrogens (tertiary/aromatic N) is 6. The summed E-state index contributed by atoms with van der Waals surface area (Å²) in [7, 11) is 4.40. The Labute approximate surface area is 190 Å². The summed E-state index contributed by atoms with van der Waals surface area (Å²) in [5.74, 6) is 2.18. The minimum Gasteiger partial charge on any atom is -0.355 e. The van der Waals surface area contributed by atoms with Crippen LogP contribution in [0.3, 0.4) is 0 Å². The quantitative estimate of drug-likeness (QED) is 0.531. The Bertz CT molecular complexity index is 911. The summed E-state index contributed by atoms with van der Waals surface area (Å²) in [5, 5.41) is 0. The molecule has 0 aromatic carbocycles. The zero-order valence-corrected chi connectivity index (χ0v) is 19.5. The second-order valence-electron chi connectivity index (χ2n) is 9.35. The summed E-state index contributed by atoms with van der Waals surface area (Å²) in [5.41, 5.74) is 2.45. The van der Waals surface area contributed by atoms with Crippen molar-refractivity contribution in [3.63, 3.8) is 0 Å². The molecule has 166 valence electrons. The van der Waals surface area contributed by atoms with Crippen LogP contribution in [0.2, 0.25) is 0 Å². The molecule has 0 amide bonds. The number of pyridine rings is 1. The molecule has 0 N–H and O–H groups in total. The predicted molar refractivity (Wildman–Crippen MR) is 126 cm³/mol.